The highest BCUT2D eigenvalue weighted by atomic mass is 16.4. The first kappa shape index (κ1) is 11.9. The molecule has 0 spiro atoms. The van der Waals surface area contributed by atoms with E-state index in [2.05, 4.69) is 22.1 Å². The lowest BCUT2D eigenvalue weighted by molar-refractivity contribution is -0.121. The van der Waals surface area contributed by atoms with Crippen molar-refractivity contribution in [2.45, 2.75) is 19.4 Å². The molecule has 2 bridgehead atoms. The molecule has 2 aliphatic rings. The molecule has 4 rings (SSSR count). The molecule has 104 valence electrons. The summed E-state index contributed by atoms with van der Waals surface area (Å²) in [6.07, 6.45) is 4.51. The summed E-state index contributed by atoms with van der Waals surface area (Å²) in [6, 6.07) is 4.35. The van der Waals surface area contributed by atoms with Gasteiger partial charge in [0.05, 0.1) is 12.1 Å². The Bertz CT molecular complexity index is 631. The summed E-state index contributed by atoms with van der Waals surface area (Å²) >= 11 is 0. The zero-order valence-corrected chi connectivity index (χ0v) is 11.4. The quantitative estimate of drug-likeness (QED) is 0.908. The second-order valence-corrected chi connectivity index (χ2v) is 5.92. The van der Waals surface area contributed by atoms with Gasteiger partial charge >= 0.3 is 0 Å². The number of nitrogens with one attached hydrogen (secondary N) is 1. The fourth-order valence-corrected chi connectivity index (χ4v) is 3.55. The van der Waals surface area contributed by atoms with E-state index < -0.39 is 0 Å². The van der Waals surface area contributed by atoms with Crippen LogP contribution in [-0.4, -0.2) is 34.9 Å². The first-order valence-electron chi connectivity index (χ1n) is 7.09. The zero-order chi connectivity index (χ0) is 13.7. The Labute approximate surface area is 117 Å². The van der Waals surface area contributed by atoms with Crippen molar-refractivity contribution in [1.29, 1.82) is 0 Å². The van der Waals surface area contributed by atoms with Crippen LogP contribution in [0.2, 0.25) is 0 Å². The van der Waals surface area contributed by atoms with Gasteiger partial charge in [-0.3, -0.25) is 20.0 Å². The van der Waals surface area contributed by atoms with Crippen LogP contribution in [-0.2, 0) is 4.79 Å². The Kier molecular flexibility index (Phi) is 2.57. The molecule has 20 heavy (non-hydrogen) atoms. The molecular weight excluding hydrogens is 254 g/mol. The number of furan rings is 1. The number of hydrogen-bond donors (Lipinski definition) is 1. The summed E-state index contributed by atoms with van der Waals surface area (Å²) in [4.78, 5) is 18.8. The number of pyridine rings is 1. The van der Waals surface area contributed by atoms with Gasteiger partial charge in [-0.25, -0.2) is 0 Å². The average molecular weight is 271 g/mol. The van der Waals surface area contributed by atoms with Gasteiger partial charge in [-0.05, 0) is 25.3 Å². The highest BCUT2D eigenvalue weighted by Crippen LogP contribution is 2.37. The lowest BCUT2D eigenvalue weighted by Crippen LogP contribution is -2.36. The number of fused-ring (bicyclic) bond motifs is 3. The number of hydrogen-bond acceptors (Lipinski definition) is 4. The minimum atomic E-state index is 0.0800. The number of aromatic nitrogens is 1. The Morgan fingerprint density at radius 2 is 2.40 bits per heavy atom. The monoisotopic (exact) mass is 271 g/mol. The lowest BCUT2D eigenvalue weighted by atomic mass is 9.89. The third-order valence-electron chi connectivity index (χ3n) is 4.64. The first-order valence-corrected chi connectivity index (χ1v) is 7.09. The summed E-state index contributed by atoms with van der Waals surface area (Å²) in [7, 11) is 0. The maximum absolute atomic E-state index is 12.4. The molecule has 2 aliphatic heterocycles. The number of carbonyl (C=O) groups is 1. The summed E-state index contributed by atoms with van der Waals surface area (Å²) in [6.45, 7) is 4.17. The second-order valence-electron chi connectivity index (χ2n) is 5.92. The van der Waals surface area contributed by atoms with Gasteiger partial charge in [0.25, 0.3) is 0 Å². The van der Waals surface area contributed by atoms with Gasteiger partial charge in [0.2, 0.25) is 11.8 Å². The molecule has 0 aromatic carbocycles. The molecule has 1 N–H and O–H groups in total. The van der Waals surface area contributed by atoms with Crippen LogP contribution in [0.25, 0.3) is 11.0 Å². The molecule has 2 saturated heterocycles. The zero-order valence-electron chi connectivity index (χ0n) is 11.4. The molecule has 0 aliphatic carbocycles. The number of carbonyl (C=O) groups excluding carboxylic acids is 1. The van der Waals surface area contributed by atoms with Crippen molar-refractivity contribution in [3.05, 3.63) is 24.5 Å². The molecule has 0 radical (unpaired) electrons. The molecule has 5 nitrogen and oxygen atoms in total. The first-order chi connectivity index (χ1) is 9.70. The maximum Gasteiger partial charge on any atom is 0.231 e. The lowest BCUT2D eigenvalue weighted by Gasteiger charge is -2.25. The number of amides is 1. The number of piperidine rings is 1. The summed E-state index contributed by atoms with van der Waals surface area (Å²) in [5, 5.41) is 3.87. The largest absolute Gasteiger partial charge is 0.439 e. The van der Waals surface area contributed by atoms with Crippen molar-refractivity contribution in [2.75, 3.05) is 18.4 Å². The Hall–Kier alpha value is -1.88. The van der Waals surface area contributed by atoms with Crippen LogP contribution in [0.3, 0.4) is 0 Å². The third-order valence-corrected chi connectivity index (χ3v) is 4.64. The van der Waals surface area contributed by atoms with E-state index in [0.717, 1.165) is 24.9 Å². The highest BCUT2D eigenvalue weighted by molar-refractivity contribution is 5.94. The van der Waals surface area contributed by atoms with Crippen LogP contribution >= 0.6 is 0 Å². The van der Waals surface area contributed by atoms with Gasteiger partial charge in [-0.1, -0.05) is 0 Å². The third kappa shape index (κ3) is 1.81. The Morgan fingerprint density at radius 3 is 3.10 bits per heavy atom. The van der Waals surface area contributed by atoms with Gasteiger partial charge in [0, 0.05) is 36.8 Å². The number of anilines is 1. The van der Waals surface area contributed by atoms with Crippen molar-refractivity contribution in [3.63, 3.8) is 0 Å². The van der Waals surface area contributed by atoms with Gasteiger partial charge in [-0.2, -0.15) is 0 Å². The summed E-state index contributed by atoms with van der Waals surface area (Å²) in [5.74, 6) is 1.19. The molecule has 2 aromatic heterocycles. The van der Waals surface area contributed by atoms with Crippen molar-refractivity contribution < 1.29 is 9.21 Å². The summed E-state index contributed by atoms with van der Waals surface area (Å²) < 4.78 is 5.59. The van der Waals surface area contributed by atoms with Crippen LogP contribution in [0.4, 0.5) is 5.88 Å². The second kappa shape index (κ2) is 4.31. The van der Waals surface area contributed by atoms with E-state index in [1.807, 2.05) is 12.1 Å². The van der Waals surface area contributed by atoms with Crippen LogP contribution in [0.5, 0.6) is 0 Å². The SMILES string of the molecule is CC1CC2CN1CC2C(=O)Nc1cc2ccncc2o1. The normalized spacial score (nSPS) is 31.9. The minimum Gasteiger partial charge on any atom is -0.439 e. The number of nitrogens with zero attached hydrogens (tertiary/aromatic N) is 2. The van der Waals surface area contributed by atoms with E-state index in [0.29, 0.717) is 23.4 Å². The molecule has 5 heteroatoms. The smallest absolute Gasteiger partial charge is 0.231 e. The predicted octanol–water partition coefficient (Wildman–Crippen LogP) is 2.11. The molecule has 2 fully saturated rings. The number of rotatable bonds is 2. The van der Waals surface area contributed by atoms with Crippen molar-refractivity contribution in [2.24, 2.45) is 11.8 Å². The van der Waals surface area contributed by atoms with E-state index in [1.165, 1.54) is 0 Å². The van der Waals surface area contributed by atoms with E-state index in [4.69, 9.17) is 4.42 Å². The van der Waals surface area contributed by atoms with Crippen LogP contribution < -0.4 is 5.32 Å². The highest BCUT2D eigenvalue weighted by Gasteiger charge is 2.45. The predicted molar refractivity (Wildman–Crippen MR) is 75.3 cm³/mol. The van der Waals surface area contributed by atoms with Gasteiger partial charge in [0.15, 0.2) is 5.58 Å². The topological polar surface area (TPSA) is 58.4 Å². The Morgan fingerprint density at radius 1 is 1.50 bits per heavy atom. The van der Waals surface area contributed by atoms with Gasteiger partial charge in [0.1, 0.15) is 0 Å². The van der Waals surface area contributed by atoms with Crippen LogP contribution in [0.1, 0.15) is 13.3 Å². The van der Waals surface area contributed by atoms with E-state index in [1.54, 1.807) is 12.4 Å². The molecule has 0 saturated carbocycles. The maximum atomic E-state index is 12.4. The van der Waals surface area contributed by atoms with Crippen LogP contribution in [0.15, 0.2) is 28.9 Å². The minimum absolute atomic E-state index is 0.0800. The van der Waals surface area contributed by atoms with Crippen molar-refractivity contribution >= 4 is 22.8 Å². The fraction of sp³-hybridized carbons (Fsp3) is 0.467. The van der Waals surface area contributed by atoms with Gasteiger partial charge in [-0.15, -0.1) is 0 Å². The van der Waals surface area contributed by atoms with Gasteiger partial charge < -0.3 is 4.42 Å². The molecular formula is C15H17N3O2. The van der Waals surface area contributed by atoms with Crippen molar-refractivity contribution in [1.82, 2.24) is 9.88 Å². The van der Waals surface area contributed by atoms with Crippen molar-refractivity contribution in [3.8, 4) is 0 Å². The fourth-order valence-electron chi connectivity index (χ4n) is 3.55. The Balaban J connectivity index is 1.50. The molecule has 1 amide bonds. The molecule has 4 atom stereocenters. The van der Waals surface area contributed by atoms with Crippen LogP contribution in [0, 0.1) is 11.8 Å². The standard InChI is InChI=1S/C15H17N3O2/c1-9-4-11-7-18(9)8-12(11)15(19)17-14-5-10-2-3-16-6-13(10)20-14/h2-3,5-6,9,11-12H,4,7-8H2,1H3,(H,17,19). The van der Waals surface area contributed by atoms with E-state index >= 15 is 0 Å². The van der Waals surface area contributed by atoms with E-state index in [9.17, 15) is 4.79 Å². The van der Waals surface area contributed by atoms with E-state index in [-0.39, 0.29) is 11.8 Å². The molecule has 4 unspecified atom stereocenters. The summed E-state index contributed by atoms with van der Waals surface area (Å²) in [5.41, 5.74) is 0.702. The molecule has 4 heterocycles. The molecule has 2 aromatic rings. The average Bonchev–Trinajstić information content (AvgIpc) is 3.09.